The predicted molar refractivity (Wildman–Crippen MR) is 131 cm³/mol. The number of hydrogen-bond acceptors (Lipinski definition) is 6. The van der Waals surface area contributed by atoms with E-state index in [9.17, 15) is 26.3 Å². The fourth-order valence-electron chi connectivity index (χ4n) is 3.89. The summed E-state index contributed by atoms with van der Waals surface area (Å²) >= 11 is 0. The van der Waals surface area contributed by atoms with Crippen molar-refractivity contribution in [3.05, 3.63) is 89.4 Å². The van der Waals surface area contributed by atoms with Crippen molar-refractivity contribution in [1.29, 1.82) is 0 Å². The van der Waals surface area contributed by atoms with Gasteiger partial charge in [-0.05, 0) is 35.4 Å². The van der Waals surface area contributed by atoms with Gasteiger partial charge < -0.3 is 15.2 Å². The van der Waals surface area contributed by atoms with Crippen LogP contribution in [0.3, 0.4) is 0 Å². The van der Waals surface area contributed by atoms with Crippen molar-refractivity contribution in [3.8, 4) is 0 Å². The zero-order valence-corrected chi connectivity index (χ0v) is 20.2. The SMILES string of the molecule is Cn1nccc1Nc1nc(NCc2cccc(C(F)(F)F)c2)c2ncn(Cc3ccc(C(F)(F)F)cc3)c2n1. The highest BCUT2D eigenvalue weighted by molar-refractivity contribution is 5.84. The number of hydrogen-bond donors (Lipinski definition) is 2. The molecule has 5 rings (SSSR count). The van der Waals surface area contributed by atoms with Crippen LogP contribution in [0.5, 0.6) is 0 Å². The molecular formula is C25H20F6N8. The lowest BCUT2D eigenvalue weighted by molar-refractivity contribution is -0.138. The molecule has 0 saturated carbocycles. The predicted octanol–water partition coefficient (Wildman–Crippen LogP) is 6.00. The van der Waals surface area contributed by atoms with Crippen molar-refractivity contribution in [2.24, 2.45) is 7.05 Å². The fourth-order valence-corrected chi connectivity index (χ4v) is 3.89. The van der Waals surface area contributed by atoms with Crippen LogP contribution >= 0.6 is 0 Å². The third-order valence-corrected chi connectivity index (χ3v) is 5.87. The molecule has 0 aliphatic heterocycles. The molecule has 3 aromatic heterocycles. The van der Waals surface area contributed by atoms with E-state index < -0.39 is 23.5 Å². The van der Waals surface area contributed by atoms with Crippen molar-refractivity contribution >= 4 is 28.7 Å². The first-order chi connectivity index (χ1) is 18.5. The summed E-state index contributed by atoms with van der Waals surface area (Å²) in [5.41, 5.74) is 0.134. The number of benzene rings is 2. The summed E-state index contributed by atoms with van der Waals surface area (Å²) in [7, 11) is 1.71. The number of alkyl halides is 6. The van der Waals surface area contributed by atoms with Gasteiger partial charge in [0.15, 0.2) is 17.0 Å². The Morgan fingerprint density at radius 1 is 0.846 bits per heavy atom. The molecule has 39 heavy (non-hydrogen) atoms. The number of imidazole rings is 1. The van der Waals surface area contributed by atoms with E-state index in [-0.39, 0.29) is 24.9 Å². The Kier molecular flexibility index (Phi) is 6.62. The number of nitrogens with one attached hydrogen (secondary N) is 2. The largest absolute Gasteiger partial charge is 0.416 e. The van der Waals surface area contributed by atoms with Gasteiger partial charge in [-0.15, -0.1) is 0 Å². The first kappa shape index (κ1) is 26.0. The van der Waals surface area contributed by atoms with Crippen molar-refractivity contribution in [3.63, 3.8) is 0 Å². The maximum absolute atomic E-state index is 13.1. The smallest absolute Gasteiger partial charge is 0.364 e. The molecule has 0 aliphatic rings. The molecule has 0 fully saturated rings. The van der Waals surface area contributed by atoms with Crippen LogP contribution in [0.25, 0.3) is 11.2 Å². The van der Waals surface area contributed by atoms with Crippen LogP contribution in [0.2, 0.25) is 0 Å². The maximum Gasteiger partial charge on any atom is 0.416 e. The Hall–Kier alpha value is -4.62. The van der Waals surface area contributed by atoms with Gasteiger partial charge >= 0.3 is 12.4 Å². The first-order valence-electron chi connectivity index (χ1n) is 11.5. The molecular weight excluding hydrogens is 526 g/mol. The lowest BCUT2D eigenvalue weighted by Crippen LogP contribution is -2.10. The highest BCUT2D eigenvalue weighted by Crippen LogP contribution is 2.31. The zero-order valence-electron chi connectivity index (χ0n) is 20.2. The quantitative estimate of drug-likeness (QED) is 0.244. The third-order valence-electron chi connectivity index (χ3n) is 5.87. The average Bonchev–Trinajstić information content (AvgIpc) is 3.48. The van der Waals surface area contributed by atoms with Crippen LogP contribution in [0.15, 0.2) is 67.1 Å². The summed E-state index contributed by atoms with van der Waals surface area (Å²) in [4.78, 5) is 13.4. The van der Waals surface area contributed by atoms with Gasteiger partial charge in [0.25, 0.3) is 0 Å². The minimum absolute atomic E-state index is 0.0208. The van der Waals surface area contributed by atoms with E-state index in [0.717, 1.165) is 24.3 Å². The lowest BCUT2D eigenvalue weighted by atomic mass is 10.1. The number of fused-ring (bicyclic) bond motifs is 1. The molecule has 3 heterocycles. The van der Waals surface area contributed by atoms with Crippen molar-refractivity contribution in [2.45, 2.75) is 25.4 Å². The van der Waals surface area contributed by atoms with E-state index in [1.807, 2.05) is 0 Å². The van der Waals surface area contributed by atoms with E-state index in [0.29, 0.717) is 28.1 Å². The number of aromatic nitrogens is 6. The maximum atomic E-state index is 13.1. The topological polar surface area (TPSA) is 85.5 Å². The number of nitrogens with zero attached hydrogens (tertiary/aromatic N) is 6. The van der Waals surface area contributed by atoms with Crippen LogP contribution < -0.4 is 10.6 Å². The Morgan fingerprint density at radius 2 is 1.59 bits per heavy atom. The molecule has 2 N–H and O–H groups in total. The fraction of sp³-hybridized carbons (Fsp3) is 0.200. The Labute approximate surface area is 217 Å². The van der Waals surface area contributed by atoms with Gasteiger partial charge in [-0.2, -0.15) is 41.4 Å². The molecule has 0 saturated heterocycles. The molecule has 0 amide bonds. The van der Waals surface area contributed by atoms with Crippen LogP contribution in [0.4, 0.5) is 43.9 Å². The van der Waals surface area contributed by atoms with E-state index in [4.69, 9.17) is 0 Å². The van der Waals surface area contributed by atoms with Crippen molar-refractivity contribution < 1.29 is 26.3 Å². The standard InChI is InChI=1S/C25H20F6N8/c1-38-19(9-10-34-38)35-23-36-21(32-12-16-3-2-4-18(11-16)25(29,30)31)20-22(37-23)39(14-33-20)13-15-5-7-17(8-6-15)24(26,27)28/h2-11,14H,12-13H2,1H3,(H2,32,35,36,37). The van der Waals surface area contributed by atoms with Gasteiger partial charge in [0.2, 0.25) is 5.95 Å². The van der Waals surface area contributed by atoms with Gasteiger partial charge in [-0.1, -0.05) is 24.3 Å². The summed E-state index contributed by atoms with van der Waals surface area (Å²) in [6, 6.07) is 11.4. The molecule has 0 radical (unpaired) electrons. The monoisotopic (exact) mass is 546 g/mol. The van der Waals surface area contributed by atoms with Gasteiger partial charge in [-0.25, -0.2) is 4.98 Å². The summed E-state index contributed by atoms with van der Waals surface area (Å²) in [5, 5.41) is 10.2. The molecule has 202 valence electrons. The first-order valence-corrected chi connectivity index (χ1v) is 11.5. The van der Waals surface area contributed by atoms with Gasteiger partial charge in [-0.3, -0.25) is 4.68 Å². The number of anilines is 3. The molecule has 14 heteroatoms. The summed E-state index contributed by atoms with van der Waals surface area (Å²) in [6.45, 7) is 0.191. The van der Waals surface area contributed by atoms with E-state index in [1.54, 1.807) is 34.6 Å². The second kappa shape index (κ2) is 9.93. The van der Waals surface area contributed by atoms with Gasteiger partial charge in [0.05, 0.1) is 30.2 Å². The third kappa shape index (κ3) is 5.78. The lowest BCUT2D eigenvalue weighted by Gasteiger charge is -2.12. The molecule has 0 unspecified atom stereocenters. The Bertz CT molecular complexity index is 1600. The zero-order chi connectivity index (χ0) is 27.8. The molecule has 0 spiro atoms. The number of rotatable bonds is 7. The normalized spacial score (nSPS) is 12.2. The minimum Gasteiger partial charge on any atom is -0.364 e. The van der Waals surface area contributed by atoms with Gasteiger partial charge in [0.1, 0.15) is 5.82 Å². The molecule has 0 aliphatic carbocycles. The molecule has 0 bridgehead atoms. The highest BCUT2D eigenvalue weighted by Gasteiger charge is 2.31. The van der Waals surface area contributed by atoms with Crippen molar-refractivity contribution in [2.75, 3.05) is 10.6 Å². The van der Waals surface area contributed by atoms with Crippen molar-refractivity contribution in [1.82, 2.24) is 29.3 Å². The van der Waals surface area contributed by atoms with E-state index in [1.165, 1.54) is 24.5 Å². The highest BCUT2D eigenvalue weighted by atomic mass is 19.4. The molecule has 2 aromatic carbocycles. The number of halogens is 6. The molecule has 5 aromatic rings. The van der Waals surface area contributed by atoms with E-state index in [2.05, 4.69) is 30.7 Å². The minimum atomic E-state index is -4.48. The Balaban J connectivity index is 1.48. The van der Waals surface area contributed by atoms with Crippen LogP contribution in [0, 0.1) is 0 Å². The second-order valence-electron chi connectivity index (χ2n) is 8.65. The van der Waals surface area contributed by atoms with E-state index >= 15 is 0 Å². The van der Waals surface area contributed by atoms with Crippen LogP contribution in [-0.4, -0.2) is 29.3 Å². The average molecular weight is 546 g/mol. The Morgan fingerprint density at radius 3 is 2.26 bits per heavy atom. The van der Waals surface area contributed by atoms with Crippen LogP contribution in [-0.2, 0) is 32.5 Å². The second-order valence-corrected chi connectivity index (χ2v) is 8.65. The summed E-state index contributed by atoms with van der Waals surface area (Å²) in [5.74, 6) is 0.993. The number of aryl methyl sites for hydroxylation is 1. The summed E-state index contributed by atoms with van der Waals surface area (Å²) in [6.07, 6.45) is -5.88. The summed E-state index contributed by atoms with van der Waals surface area (Å²) < 4.78 is 81.5. The van der Waals surface area contributed by atoms with Gasteiger partial charge in [0, 0.05) is 19.7 Å². The van der Waals surface area contributed by atoms with Crippen LogP contribution in [0.1, 0.15) is 22.3 Å². The molecule has 8 nitrogen and oxygen atoms in total. The molecule has 0 atom stereocenters.